The maximum atomic E-state index is 13.3. The number of anilines is 1. The number of rotatable bonds is 4. The van der Waals surface area contributed by atoms with Gasteiger partial charge in [-0.3, -0.25) is 14.5 Å². The summed E-state index contributed by atoms with van der Waals surface area (Å²) < 4.78 is 6.12. The summed E-state index contributed by atoms with van der Waals surface area (Å²) in [6.07, 6.45) is 0. The van der Waals surface area contributed by atoms with Crippen molar-refractivity contribution in [1.82, 2.24) is 4.98 Å². The summed E-state index contributed by atoms with van der Waals surface area (Å²) in [4.78, 5) is 32.7. The standard InChI is InChI=1S/C27H22N2O4S/c1-15-4-7-17(8-5-15)23-22(24(30)18-9-11-19(33-3)12-10-18)25(31)26(32)29(23)27-28-20-13-6-16(2)14-21(20)34-27/h4-14,23,30H,1-3H3/b24-22+/t23-/m0/s1. The quantitative estimate of drug-likeness (QED) is 0.240. The summed E-state index contributed by atoms with van der Waals surface area (Å²) in [5.74, 6) is -1.06. The Morgan fingerprint density at radius 2 is 1.65 bits per heavy atom. The van der Waals surface area contributed by atoms with Crippen LogP contribution >= 0.6 is 11.3 Å². The Kier molecular flexibility index (Phi) is 5.42. The second-order valence-corrected chi connectivity index (χ2v) is 9.29. The number of hydrogen-bond acceptors (Lipinski definition) is 6. The van der Waals surface area contributed by atoms with Gasteiger partial charge in [0, 0.05) is 5.56 Å². The number of ketones is 1. The fraction of sp³-hybridized carbons (Fsp3) is 0.148. The molecule has 2 heterocycles. The Hall–Kier alpha value is -3.97. The largest absolute Gasteiger partial charge is 0.507 e. The number of aliphatic hydroxyl groups excluding tert-OH is 1. The van der Waals surface area contributed by atoms with Crippen molar-refractivity contribution >= 4 is 44.1 Å². The summed E-state index contributed by atoms with van der Waals surface area (Å²) >= 11 is 1.35. The third-order valence-electron chi connectivity index (χ3n) is 5.94. The highest BCUT2D eigenvalue weighted by atomic mass is 32.1. The van der Waals surface area contributed by atoms with Gasteiger partial charge in [-0.05, 0) is 61.4 Å². The number of carbonyl (C=O) groups excluding carboxylic acids is 2. The van der Waals surface area contributed by atoms with Crippen molar-refractivity contribution in [2.24, 2.45) is 0 Å². The number of aliphatic hydroxyl groups is 1. The van der Waals surface area contributed by atoms with Crippen LogP contribution in [0.4, 0.5) is 5.13 Å². The molecule has 0 bridgehead atoms. The van der Waals surface area contributed by atoms with Gasteiger partial charge in [-0.15, -0.1) is 0 Å². The van der Waals surface area contributed by atoms with E-state index in [0.717, 1.165) is 26.9 Å². The molecule has 0 unspecified atom stereocenters. The second kappa shape index (κ2) is 8.43. The predicted molar refractivity (Wildman–Crippen MR) is 133 cm³/mol. The van der Waals surface area contributed by atoms with E-state index in [1.165, 1.54) is 16.2 Å². The van der Waals surface area contributed by atoms with Crippen molar-refractivity contribution in [3.63, 3.8) is 0 Å². The molecule has 1 saturated heterocycles. The van der Waals surface area contributed by atoms with Crippen molar-refractivity contribution in [2.75, 3.05) is 12.0 Å². The first kappa shape index (κ1) is 21.9. The van der Waals surface area contributed by atoms with Gasteiger partial charge >= 0.3 is 5.91 Å². The number of benzene rings is 3. The molecule has 1 fully saturated rings. The maximum Gasteiger partial charge on any atom is 0.301 e. The highest BCUT2D eigenvalue weighted by Gasteiger charge is 2.48. The van der Waals surface area contributed by atoms with Gasteiger partial charge in [0.05, 0.1) is 28.9 Å². The highest BCUT2D eigenvalue weighted by Crippen LogP contribution is 2.44. The number of nitrogens with zero attached hydrogens (tertiary/aromatic N) is 2. The molecule has 1 amide bonds. The minimum Gasteiger partial charge on any atom is -0.507 e. The van der Waals surface area contributed by atoms with Crippen LogP contribution in [0.25, 0.3) is 16.0 Å². The Balaban J connectivity index is 1.71. The molecule has 6 nitrogen and oxygen atoms in total. The van der Waals surface area contributed by atoms with Gasteiger partial charge in [-0.1, -0.05) is 47.2 Å². The van der Waals surface area contributed by atoms with Gasteiger partial charge in [0.2, 0.25) is 0 Å². The van der Waals surface area contributed by atoms with Crippen LogP contribution < -0.4 is 9.64 Å². The number of ether oxygens (including phenoxy) is 1. The third kappa shape index (κ3) is 3.64. The zero-order valence-electron chi connectivity index (χ0n) is 18.9. The number of aromatic nitrogens is 1. The molecular weight excluding hydrogens is 448 g/mol. The average Bonchev–Trinajstić information content (AvgIpc) is 3.37. The molecule has 1 aliphatic heterocycles. The van der Waals surface area contributed by atoms with Crippen LogP contribution in [0.2, 0.25) is 0 Å². The molecular formula is C27H22N2O4S. The summed E-state index contributed by atoms with van der Waals surface area (Å²) in [6, 6.07) is 19.4. The monoisotopic (exact) mass is 470 g/mol. The first-order chi connectivity index (χ1) is 16.4. The fourth-order valence-electron chi connectivity index (χ4n) is 4.12. The molecule has 1 atom stereocenters. The Bertz CT molecular complexity index is 1450. The van der Waals surface area contributed by atoms with Crippen molar-refractivity contribution in [3.8, 4) is 5.75 Å². The van der Waals surface area contributed by atoms with Crippen molar-refractivity contribution < 1.29 is 19.4 Å². The van der Waals surface area contributed by atoms with Crippen LogP contribution in [-0.4, -0.2) is 28.9 Å². The summed E-state index contributed by atoms with van der Waals surface area (Å²) in [6.45, 7) is 3.96. The van der Waals surface area contributed by atoms with Gasteiger partial charge in [0.1, 0.15) is 11.5 Å². The number of amides is 1. The van der Waals surface area contributed by atoms with Gasteiger partial charge in [-0.25, -0.2) is 4.98 Å². The molecule has 0 aliphatic carbocycles. The number of aryl methyl sites for hydroxylation is 2. The molecule has 34 heavy (non-hydrogen) atoms. The zero-order chi connectivity index (χ0) is 24.0. The minimum absolute atomic E-state index is 0.0365. The van der Waals surface area contributed by atoms with Crippen LogP contribution in [0.1, 0.15) is 28.3 Å². The molecule has 1 N–H and O–H groups in total. The van der Waals surface area contributed by atoms with E-state index < -0.39 is 17.7 Å². The van der Waals surface area contributed by atoms with Crippen molar-refractivity contribution in [2.45, 2.75) is 19.9 Å². The summed E-state index contributed by atoms with van der Waals surface area (Å²) in [7, 11) is 1.55. The topological polar surface area (TPSA) is 79.7 Å². The van der Waals surface area contributed by atoms with E-state index in [1.54, 1.807) is 31.4 Å². The van der Waals surface area contributed by atoms with Crippen molar-refractivity contribution in [3.05, 3.63) is 94.6 Å². The van der Waals surface area contributed by atoms with E-state index in [9.17, 15) is 14.7 Å². The zero-order valence-corrected chi connectivity index (χ0v) is 19.7. The van der Waals surface area contributed by atoms with Crippen LogP contribution in [0.15, 0.2) is 72.3 Å². The van der Waals surface area contributed by atoms with Gasteiger partial charge in [-0.2, -0.15) is 0 Å². The molecule has 3 aromatic carbocycles. The second-order valence-electron chi connectivity index (χ2n) is 8.28. The van der Waals surface area contributed by atoms with Crippen LogP contribution in [0.5, 0.6) is 5.75 Å². The fourth-order valence-corrected chi connectivity index (χ4v) is 5.21. The van der Waals surface area contributed by atoms with Gasteiger partial charge < -0.3 is 9.84 Å². The molecule has 5 rings (SSSR count). The van der Waals surface area contributed by atoms with E-state index in [4.69, 9.17) is 4.74 Å². The lowest BCUT2D eigenvalue weighted by molar-refractivity contribution is -0.132. The number of hydrogen-bond donors (Lipinski definition) is 1. The Labute approximate surface area is 200 Å². The molecule has 1 aromatic heterocycles. The molecule has 1 aliphatic rings. The molecule has 170 valence electrons. The van der Waals surface area contributed by atoms with Gasteiger partial charge in [0.15, 0.2) is 5.13 Å². The third-order valence-corrected chi connectivity index (χ3v) is 6.96. The highest BCUT2D eigenvalue weighted by molar-refractivity contribution is 7.22. The van der Waals surface area contributed by atoms with Crippen molar-refractivity contribution in [1.29, 1.82) is 0 Å². The number of carbonyl (C=O) groups is 2. The first-order valence-corrected chi connectivity index (χ1v) is 11.6. The van der Waals surface area contributed by atoms with E-state index in [1.807, 2.05) is 56.3 Å². The Morgan fingerprint density at radius 1 is 0.971 bits per heavy atom. The maximum absolute atomic E-state index is 13.3. The van der Waals surface area contributed by atoms with E-state index in [0.29, 0.717) is 16.4 Å². The lowest BCUT2D eigenvalue weighted by atomic mass is 9.95. The number of methoxy groups -OCH3 is 1. The van der Waals surface area contributed by atoms with Gasteiger partial charge in [0.25, 0.3) is 5.78 Å². The number of fused-ring (bicyclic) bond motifs is 1. The number of thiazole rings is 1. The molecule has 0 radical (unpaired) electrons. The normalized spacial score (nSPS) is 17.5. The lowest BCUT2D eigenvalue weighted by Gasteiger charge is -2.23. The average molecular weight is 471 g/mol. The van der Waals surface area contributed by atoms with Crippen LogP contribution in [0.3, 0.4) is 0 Å². The van der Waals surface area contributed by atoms with E-state index >= 15 is 0 Å². The van der Waals surface area contributed by atoms with E-state index in [2.05, 4.69) is 4.98 Å². The SMILES string of the molecule is COc1ccc(/C(O)=C2\C(=O)C(=O)N(c3nc4ccc(C)cc4s3)[C@H]2c2ccc(C)cc2)cc1. The smallest absolute Gasteiger partial charge is 0.301 e. The summed E-state index contributed by atoms with van der Waals surface area (Å²) in [5.41, 5.74) is 4.07. The molecule has 7 heteroatoms. The summed E-state index contributed by atoms with van der Waals surface area (Å²) in [5, 5.41) is 11.6. The minimum atomic E-state index is -0.802. The Morgan fingerprint density at radius 3 is 2.32 bits per heavy atom. The predicted octanol–water partition coefficient (Wildman–Crippen LogP) is 5.55. The molecule has 0 spiro atoms. The molecule has 4 aromatic rings. The number of Topliss-reactive ketones (excluding diaryl/α,β-unsaturated/α-hetero) is 1. The molecule has 0 saturated carbocycles. The van der Waals surface area contributed by atoms with E-state index in [-0.39, 0.29) is 11.3 Å². The van der Waals surface area contributed by atoms with Crippen LogP contribution in [-0.2, 0) is 9.59 Å². The van der Waals surface area contributed by atoms with Crippen LogP contribution in [0, 0.1) is 13.8 Å². The lowest BCUT2D eigenvalue weighted by Crippen LogP contribution is -2.29. The first-order valence-electron chi connectivity index (χ1n) is 10.8.